The molecular formula is C19H26NO3P. The number of benzene rings is 2. The van der Waals surface area contributed by atoms with Gasteiger partial charge in [0, 0.05) is 5.69 Å². The minimum absolute atomic E-state index is 0.161. The number of rotatable bonds is 9. The molecule has 130 valence electrons. The molecule has 1 atom stereocenters. The summed E-state index contributed by atoms with van der Waals surface area (Å²) in [7, 11) is -0.732. The van der Waals surface area contributed by atoms with E-state index in [1.165, 1.54) is 0 Å². The first-order chi connectivity index (χ1) is 11.6. The molecule has 0 saturated heterocycles. The van der Waals surface area contributed by atoms with Crippen molar-refractivity contribution in [2.75, 3.05) is 25.6 Å². The van der Waals surface area contributed by atoms with Gasteiger partial charge in [0.05, 0.1) is 20.3 Å². The first kappa shape index (κ1) is 18.6. The van der Waals surface area contributed by atoms with Crippen LogP contribution in [0.25, 0.3) is 0 Å². The second kappa shape index (κ2) is 8.93. The van der Waals surface area contributed by atoms with Crippen molar-refractivity contribution in [1.82, 2.24) is 0 Å². The second-order valence-corrected chi connectivity index (χ2v) is 7.73. The van der Waals surface area contributed by atoms with Gasteiger partial charge in [0.25, 0.3) is 0 Å². The Morgan fingerprint density at radius 1 is 0.958 bits per heavy atom. The Morgan fingerprint density at radius 2 is 1.54 bits per heavy atom. The van der Waals surface area contributed by atoms with Gasteiger partial charge in [0.2, 0.25) is 0 Å². The Balaban J connectivity index is 2.40. The Bertz CT molecular complexity index is 648. The molecule has 4 nitrogen and oxygen atoms in total. The van der Waals surface area contributed by atoms with Crippen LogP contribution in [0.5, 0.6) is 5.75 Å². The highest BCUT2D eigenvalue weighted by Gasteiger charge is 2.29. The third-order valence-corrected chi connectivity index (χ3v) is 6.20. The largest absolute Gasteiger partial charge is 0.497 e. The highest BCUT2D eigenvalue weighted by molar-refractivity contribution is 7.64. The van der Waals surface area contributed by atoms with Crippen molar-refractivity contribution in [3.63, 3.8) is 0 Å². The van der Waals surface area contributed by atoms with Crippen molar-refractivity contribution >= 4 is 19.3 Å². The molecule has 1 N–H and O–H groups in total. The van der Waals surface area contributed by atoms with Crippen LogP contribution >= 0.6 is 7.34 Å². The zero-order valence-electron chi connectivity index (χ0n) is 14.6. The lowest BCUT2D eigenvalue weighted by atomic mass is 10.2. The molecule has 0 amide bonds. The molecule has 0 aliphatic carbocycles. The van der Waals surface area contributed by atoms with Gasteiger partial charge in [-0.25, -0.2) is 0 Å². The minimum Gasteiger partial charge on any atom is -0.497 e. The molecular weight excluding hydrogens is 321 g/mol. The SMILES string of the molecule is C=P(OCC)(OCC)C(Nc1ccccc1)c1ccc(OC)cc1. The third-order valence-electron chi connectivity index (χ3n) is 3.60. The van der Waals surface area contributed by atoms with Crippen LogP contribution in [0.1, 0.15) is 25.2 Å². The van der Waals surface area contributed by atoms with Crippen LogP contribution in [0, 0.1) is 0 Å². The van der Waals surface area contributed by atoms with E-state index in [2.05, 4.69) is 11.6 Å². The predicted octanol–water partition coefficient (Wildman–Crippen LogP) is 5.16. The van der Waals surface area contributed by atoms with E-state index in [4.69, 9.17) is 13.8 Å². The van der Waals surface area contributed by atoms with E-state index in [-0.39, 0.29) is 5.78 Å². The van der Waals surface area contributed by atoms with Gasteiger partial charge in [-0.05, 0) is 50.0 Å². The monoisotopic (exact) mass is 347 g/mol. The van der Waals surface area contributed by atoms with Crippen molar-refractivity contribution in [2.45, 2.75) is 19.6 Å². The summed E-state index contributed by atoms with van der Waals surface area (Å²) < 4.78 is 17.3. The van der Waals surface area contributed by atoms with Crippen LogP contribution in [0.3, 0.4) is 0 Å². The zero-order valence-corrected chi connectivity index (χ0v) is 15.5. The quantitative estimate of drug-likeness (QED) is 0.636. The highest BCUT2D eigenvalue weighted by Crippen LogP contribution is 2.60. The molecule has 0 saturated carbocycles. The molecule has 0 radical (unpaired) electrons. The van der Waals surface area contributed by atoms with Crippen LogP contribution in [0.4, 0.5) is 5.69 Å². The summed E-state index contributed by atoms with van der Waals surface area (Å²) in [6.45, 7) is 5.04. The van der Waals surface area contributed by atoms with Crippen LogP contribution in [-0.2, 0) is 9.05 Å². The number of hydrogen-bond donors (Lipinski definition) is 1. The molecule has 0 spiro atoms. The van der Waals surface area contributed by atoms with Gasteiger partial charge in [0.15, 0.2) is 0 Å². The molecule has 0 heterocycles. The van der Waals surface area contributed by atoms with E-state index >= 15 is 0 Å². The maximum absolute atomic E-state index is 6.00. The molecule has 0 bridgehead atoms. The average molecular weight is 347 g/mol. The Kier molecular flexibility index (Phi) is 6.92. The molecule has 2 aromatic rings. The second-order valence-electron chi connectivity index (χ2n) is 5.25. The summed E-state index contributed by atoms with van der Waals surface area (Å²) in [4.78, 5) is 0. The molecule has 24 heavy (non-hydrogen) atoms. The lowest BCUT2D eigenvalue weighted by Gasteiger charge is -2.33. The fourth-order valence-corrected chi connectivity index (χ4v) is 4.73. The van der Waals surface area contributed by atoms with Crippen molar-refractivity contribution in [3.05, 3.63) is 60.2 Å². The first-order valence-corrected chi connectivity index (χ1v) is 9.98. The summed E-state index contributed by atoms with van der Waals surface area (Å²) in [5.74, 6) is 0.656. The fourth-order valence-electron chi connectivity index (χ4n) is 2.51. The van der Waals surface area contributed by atoms with Crippen LogP contribution in [0.2, 0.25) is 0 Å². The Morgan fingerprint density at radius 3 is 2.04 bits per heavy atom. The molecule has 0 aromatic heterocycles. The van der Waals surface area contributed by atoms with E-state index in [1.807, 2.05) is 68.4 Å². The highest BCUT2D eigenvalue weighted by atomic mass is 31.2. The minimum atomic E-state index is -2.39. The van der Waals surface area contributed by atoms with Crippen LogP contribution in [0.15, 0.2) is 54.6 Å². The van der Waals surface area contributed by atoms with E-state index in [1.54, 1.807) is 7.11 Å². The molecule has 2 aromatic carbocycles. The van der Waals surface area contributed by atoms with E-state index in [9.17, 15) is 0 Å². The summed E-state index contributed by atoms with van der Waals surface area (Å²) >= 11 is 0. The topological polar surface area (TPSA) is 39.7 Å². The maximum Gasteiger partial charge on any atom is 0.143 e. The van der Waals surface area contributed by atoms with E-state index in [0.29, 0.717) is 13.2 Å². The Hall–Kier alpha value is -1.74. The third kappa shape index (κ3) is 4.64. The van der Waals surface area contributed by atoms with Gasteiger partial charge in [-0.2, -0.15) is 0 Å². The summed E-state index contributed by atoms with van der Waals surface area (Å²) in [5, 5.41) is 3.54. The molecule has 0 aliphatic rings. The predicted molar refractivity (Wildman–Crippen MR) is 103 cm³/mol. The van der Waals surface area contributed by atoms with Gasteiger partial charge >= 0.3 is 0 Å². The van der Waals surface area contributed by atoms with E-state index in [0.717, 1.165) is 17.0 Å². The van der Waals surface area contributed by atoms with Crippen molar-refractivity contribution in [1.29, 1.82) is 0 Å². The number of nitrogens with one attached hydrogen (secondary N) is 1. The summed E-state index contributed by atoms with van der Waals surface area (Å²) in [6.07, 6.45) is 4.34. The maximum atomic E-state index is 6.00. The molecule has 1 unspecified atom stereocenters. The smallest absolute Gasteiger partial charge is 0.143 e. The van der Waals surface area contributed by atoms with Crippen molar-refractivity contribution < 1.29 is 13.8 Å². The molecule has 0 fully saturated rings. The number of hydrogen-bond acceptors (Lipinski definition) is 4. The van der Waals surface area contributed by atoms with Gasteiger partial charge in [-0.15, -0.1) is 0 Å². The van der Waals surface area contributed by atoms with Gasteiger partial charge < -0.3 is 19.1 Å². The van der Waals surface area contributed by atoms with Crippen molar-refractivity contribution in [3.8, 4) is 5.75 Å². The van der Waals surface area contributed by atoms with Crippen LogP contribution < -0.4 is 10.1 Å². The van der Waals surface area contributed by atoms with Gasteiger partial charge in [0.1, 0.15) is 18.9 Å². The molecule has 2 rings (SSSR count). The van der Waals surface area contributed by atoms with Gasteiger partial charge in [-0.3, -0.25) is 0 Å². The zero-order chi connectivity index (χ0) is 17.4. The van der Waals surface area contributed by atoms with Crippen molar-refractivity contribution in [2.24, 2.45) is 0 Å². The lowest BCUT2D eigenvalue weighted by molar-refractivity contribution is 0.260. The summed E-state index contributed by atoms with van der Waals surface area (Å²) in [5.41, 5.74) is 2.07. The normalized spacial score (nSPS) is 12.6. The fraction of sp³-hybridized carbons (Fsp3) is 0.316. The van der Waals surface area contributed by atoms with E-state index < -0.39 is 7.34 Å². The number of para-hydroxylation sites is 1. The molecule has 5 heteroatoms. The number of anilines is 1. The lowest BCUT2D eigenvalue weighted by Crippen LogP contribution is -2.15. The number of ether oxygens (including phenoxy) is 1. The Labute approximate surface area is 144 Å². The summed E-state index contributed by atoms with van der Waals surface area (Å²) in [6, 6.07) is 18.0. The number of methoxy groups -OCH3 is 1. The van der Waals surface area contributed by atoms with Gasteiger partial charge in [-0.1, -0.05) is 30.3 Å². The first-order valence-electron chi connectivity index (χ1n) is 8.10. The molecule has 0 aliphatic heterocycles. The standard InChI is InChI=1S/C19H26NO3P/c1-5-22-24(4,23-6-2)19(20-17-10-8-7-9-11-17)16-12-14-18(21-3)15-13-16/h7-15,19-20H,4-6H2,1-3H3. The average Bonchev–Trinajstić information content (AvgIpc) is 2.61. The van der Waals surface area contributed by atoms with Crippen LogP contribution in [-0.4, -0.2) is 26.6 Å².